The number of quaternary nitrogens is 1. The van der Waals surface area contributed by atoms with Gasteiger partial charge in [-0.3, -0.25) is 0 Å². The Bertz CT molecular complexity index is 790. The van der Waals surface area contributed by atoms with Crippen molar-refractivity contribution in [2.45, 2.75) is 25.3 Å². The van der Waals surface area contributed by atoms with Gasteiger partial charge in [-0.05, 0) is 35.4 Å². The topological polar surface area (TPSA) is 47.9 Å². The van der Waals surface area contributed by atoms with Gasteiger partial charge in [0.2, 0.25) is 0 Å². The van der Waals surface area contributed by atoms with Crippen LogP contribution in [0.1, 0.15) is 29.2 Å². The summed E-state index contributed by atoms with van der Waals surface area (Å²) in [5.41, 5.74) is 3.93. The van der Waals surface area contributed by atoms with Gasteiger partial charge in [-0.1, -0.05) is 12.1 Å². The molecule has 2 atom stereocenters. The minimum Gasteiger partial charge on any atom is -0.497 e. The maximum atomic E-state index is 9.43. The van der Waals surface area contributed by atoms with Crippen LogP contribution in [0.15, 0.2) is 36.4 Å². The van der Waals surface area contributed by atoms with E-state index in [-0.39, 0.29) is 6.61 Å². The molecule has 5 heteroatoms. The van der Waals surface area contributed by atoms with E-state index in [1.54, 1.807) is 21.3 Å². The molecule has 2 unspecified atom stereocenters. The first-order valence-electron chi connectivity index (χ1n) is 9.87. The predicted octanol–water partition coefficient (Wildman–Crippen LogP) is 3.38. The Labute approximate surface area is 168 Å². The van der Waals surface area contributed by atoms with E-state index in [1.807, 2.05) is 12.1 Å². The zero-order valence-electron chi connectivity index (χ0n) is 17.4. The van der Waals surface area contributed by atoms with Gasteiger partial charge in [0, 0.05) is 31.4 Å². The Morgan fingerprint density at radius 3 is 2.29 bits per heavy atom. The molecule has 0 fully saturated rings. The molecule has 152 valence electrons. The standard InChI is InChI=1S/C23H32NO4/c1-24(11-5-13-25)12-10-18-15-22(27-3)23(28-4)16-20(18)21(24)14-17-6-8-19(26-2)9-7-17/h6-9,15-16,21,25H,5,10-14H2,1-4H3/q+1. The second-order valence-electron chi connectivity index (χ2n) is 7.73. The summed E-state index contributed by atoms with van der Waals surface area (Å²) in [7, 11) is 7.37. The lowest BCUT2D eigenvalue weighted by atomic mass is 9.86. The lowest BCUT2D eigenvalue weighted by Crippen LogP contribution is -2.52. The number of nitrogens with zero attached hydrogens (tertiary/aromatic N) is 1. The predicted molar refractivity (Wildman–Crippen MR) is 110 cm³/mol. The van der Waals surface area contributed by atoms with Crippen LogP contribution >= 0.6 is 0 Å². The molecule has 0 aliphatic carbocycles. The second-order valence-corrected chi connectivity index (χ2v) is 7.73. The van der Waals surface area contributed by atoms with Crippen molar-refractivity contribution in [1.82, 2.24) is 0 Å². The third-order valence-electron chi connectivity index (χ3n) is 6.06. The Morgan fingerprint density at radius 2 is 1.68 bits per heavy atom. The van der Waals surface area contributed by atoms with Crippen LogP contribution in [0.5, 0.6) is 17.2 Å². The van der Waals surface area contributed by atoms with Crippen LogP contribution in [-0.4, -0.2) is 57.7 Å². The van der Waals surface area contributed by atoms with Gasteiger partial charge in [-0.15, -0.1) is 0 Å². The summed E-state index contributed by atoms with van der Waals surface area (Å²) in [5, 5.41) is 9.43. The summed E-state index contributed by atoms with van der Waals surface area (Å²) in [6, 6.07) is 12.9. The summed E-state index contributed by atoms with van der Waals surface area (Å²) in [6.45, 7) is 2.22. The van der Waals surface area contributed by atoms with Crippen molar-refractivity contribution >= 4 is 0 Å². The van der Waals surface area contributed by atoms with Crippen molar-refractivity contribution in [2.75, 3.05) is 48.1 Å². The molecule has 0 radical (unpaired) electrons. The van der Waals surface area contributed by atoms with E-state index in [0.717, 1.165) is 54.1 Å². The summed E-state index contributed by atoms with van der Waals surface area (Å²) in [6.07, 6.45) is 2.73. The number of likely N-dealkylation sites (N-methyl/N-ethyl adjacent to an activating group) is 1. The average Bonchev–Trinajstić information content (AvgIpc) is 2.74. The highest BCUT2D eigenvalue weighted by molar-refractivity contribution is 5.49. The van der Waals surface area contributed by atoms with Gasteiger partial charge in [0.05, 0.1) is 41.5 Å². The van der Waals surface area contributed by atoms with Crippen molar-refractivity contribution in [3.05, 3.63) is 53.1 Å². The average molecular weight is 387 g/mol. The number of rotatable bonds is 8. The zero-order chi connectivity index (χ0) is 20.1. The van der Waals surface area contributed by atoms with Crippen molar-refractivity contribution in [2.24, 2.45) is 0 Å². The molecule has 2 aromatic rings. The van der Waals surface area contributed by atoms with Gasteiger partial charge in [0.25, 0.3) is 0 Å². The smallest absolute Gasteiger partial charge is 0.161 e. The summed E-state index contributed by atoms with van der Waals surface area (Å²) in [4.78, 5) is 0. The molecule has 2 aromatic carbocycles. The Morgan fingerprint density at radius 1 is 1.00 bits per heavy atom. The summed E-state index contributed by atoms with van der Waals surface area (Å²) in [5.74, 6) is 2.43. The van der Waals surface area contributed by atoms with E-state index in [1.165, 1.54) is 16.7 Å². The quantitative estimate of drug-likeness (QED) is 0.707. The Balaban J connectivity index is 2.01. The number of aliphatic hydroxyl groups is 1. The molecule has 3 rings (SSSR count). The number of methoxy groups -OCH3 is 3. The van der Waals surface area contributed by atoms with E-state index in [9.17, 15) is 5.11 Å². The van der Waals surface area contributed by atoms with Crippen LogP contribution in [0.3, 0.4) is 0 Å². The maximum absolute atomic E-state index is 9.43. The number of ether oxygens (including phenoxy) is 3. The zero-order valence-corrected chi connectivity index (χ0v) is 17.4. The van der Waals surface area contributed by atoms with Crippen LogP contribution < -0.4 is 14.2 Å². The van der Waals surface area contributed by atoms with Crippen molar-refractivity contribution in [3.63, 3.8) is 0 Å². The van der Waals surface area contributed by atoms with Crippen molar-refractivity contribution in [3.8, 4) is 17.2 Å². The fourth-order valence-electron chi connectivity index (χ4n) is 4.35. The number of benzene rings is 2. The number of hydrogen-bond acceptors (Lipinski definition) is 4. The van der Waals surface area contributed by atoms with Crippen LogP contribution in [0, 0.1) is 0 Å². The van der Waals surface area contributed by atoms with Crippen LogP contribution in [0.2, 0.25) is 0 Å². The molecule has 1 aliphatic heterocycles. The monoisotopic (exact) mass is 386 g/mol. The van der Waals surface area contributed by atoms with Gasteiger partial charge in [-0.2, -0.15) is 0 Å². The molecule has 1 aliphatic rings. The number of fused-ring (bicyclic) bond motifs is 1. The Hall–Kier alpha value is -2.24. The van der Waals surface area contributed by atoms with Gasteiger partial charge in [0.1, 0.15) is 11.8 Å². The first-order valence-corrected chi connectivity index (χ1v) is 9.87. The van der Waals surface area contributed by atoms with Crippen LogP contribution in [-0.2, 0) is 12.8 Å². The molecule has 0 saturated heterocycles. The van der Waals surface area contributed by atoms with E-state index >= 15 is 0 Å². The van der Waals surface area contributed by atoms with Gasteiger partial charge in [0.15, 0.2) is 11.5 Å². The lowest BCUT2D eigenvalue weighted by Gasteiger charge is -2.46. The maximum Gasteiger partial charge on any atom is 0.161 e. The lowest BCUT2D eigenvalue weighted by molar-refractivity contribution is -0.941. The SMILES string of the molecule is COc1ccc(CC2c3cc(OC)c(OC)cc3CC[N+]2(C)CCCO)cc1. The molecular formula is C23H32NO4+. The van der Waals surface area contributed by atoms with E-state index in [0.29, 0.717) is 6.04 Å². The summed E-state index contributed by atoms with van der Waals surface area (Å²) >= 11 is 0. The van der Waals surface area contributed by atoms with Crippen LogP contribution in [0.4, 0.5) is 0 Å². The molecule has 28 heavy (non-hydrogen) atoms. The molecule has 0 saturated carbocycles. The van der Waals surface area contributed by atoms with E-state index in [4.69, 9.17) is 14.2 Å². The second kappa shape index (κ2) is 8.84. The molecule has 0 amide bonds. The highest BCUT2D eigenvalue weighted by Gasteiger charge is 2.39. The molecule has 1 heterocycles. The fourth-order valence-corrected chi connectivity index (χ4v) is 4.35. The minimum atomic E-state index is 0.224. The largest absolute Gasteiger partial charge is 0.497 e. The van der Waals surface area contributed by atoms with Crippen molar-refractivity contribution < 1.29 is 23.8 Å². The number of hydrogen-bond donors (Lipinski definition) is 1. The number of aliphatic hydroxyl groups excluding tert-OH is 1. The molecule has 0 bridgehead atoms. The third-order valence-corrected chi connectivity index (χ3v) is 6.06. The molecular weight excluding hydrogens is 354 g/mol. The normalized spacial score (nSPS) is 21.1. The fraction of sp³-hybridized carbons (Fsp3) is 0.478. The van der Waals surface area contributed by atoms with Crippen molar-refractivity contribution in [1.29, 1.82) is 0 Å². The first-order chi connectivity index (χ1) is 13.5. The first kappa shape index (κ1) is 20.5. The van der Waals surface area contributed by atoms with Gasteiger partial charge in [-0.25, -0.2) is 0 Å². The third kappa shape index (κ3) is 4.10. The minimum absolute atomic E-state index is 0.224. The highest BCUT2D eigenvalue weighted by atomic mass is 16.5. The Kier molecular flexibility index (Phi) is 6.47. The van der Waals surface area contributed by atoms with E-state index in [2.05, 4.69) is 31.3 Å². The van der Waals surface area contributed by atoms with Crippen LogP contribution in [0.25, 0.3) is 0 Å². The highest BCUT2D eigenvalue weighted by Crippen LogP contribution is 2.42. The molecule has 5 nitrogen and oxygen atoms in total. The van der Waals surface area contributed by atoms with Gasteiger partial charge >= 0.3 is 0 Å². The molecule has 0 aromatic heterocycles. The molecule has 0 spiro atoms. The summed E-state index contributed by atoms with van der Waals surface area (Å²) < 4.78 is 17.3. The van der Waals surface area contributed by atoms with E-state index < -0.39 is 0 Å². The van der Waals surface area contributed by atoms with Gasteiger partial charge < -0.3 is 23.8 Å². The molecule has 1 N–H and O–H groups in total.